The van der Waals surface area contributed by atoms with Gasteiger partial charge in [-0.25, -0.2) is 4.79 Å². The number of piperidine rings is 1. The van der Waals surface area contributed by atoms with Crippen LogP contribution < -0.4 is 10.6 Å². The van der Waals surface area contributed by atoms with Crippen LogP contribution in [0.5, 0.6) is 0 Å². The summed E-state index contributed by atoms with van der Waals surface area (Å²) in [5.74, 6) is 0.605. The van der Waals surface area contributed by atoms with Crippen LogP contribution in [0.2, 0.25) is 0 Å². The molecule has 0 radical (unpaired) electrons. The van der Waals surface area contributed by atoms with E-state index in [4.69, 9.17) is 4.74 Å². The fraction of sp³-hybridized carbons (Fsp3) is 0.500. The van der Waals surface area contributed by atoms with E-state index in [1.807, 2.05) is 23.1 Å². The Morgan fingerprint density at radius 2 is 2.00 bits per heavy atom. The molecule has 9 heteroatoms. The molecule has 3 fully saturated rings. The fourth-order valence-electron chi connectivity index (χ4n) is 4.73. The van der Waals surface area contributed by atoms with E-state index in [0.29, 0.717) is 42.9 Å². The highest BCUT2D eigenvalue weighted by molar-refractivity contribution is 5.93. The monoisotopic (exact) mass is 396 g/mol. The van der Waals surface area contributed by atoms with Gasteiger partial charge in [-0.15, -0.1) is 0 Å². The maximum atomic E-state index is 12.9. The summed E-state index contributed by atoms with van der Waals surface area (Å²) >= 11 is 0. The molecule has 9 nitrogen and oxygen atoms in total. The molecular formula is C20H24N6O3. The molecule has 3 atom stereocenters. The largest absolute Gasteiger partial charge is 0.358 e. The molecule has 0 saturated carbocycles. The molecule has 152 valence electrons. The maximum absolute atomic E-state index is 12.9. The van der Waals surface area contributed by atoms with Gasteiger partial charge in [-0.3, -0.25) is 14.9 Å². The van der Waals surface area contributed by atoms with Gasteiger partial charge in [-0.2, -0.15) is 5.10 Å². The van der Waals surface area contributed by atoms with Crippen LogP contribution in [-0.4, -0.2) is 64.0 Å². The van der Waals surface area contributed by atoms with Crippen molar-refractivity contribution in [1.29, 1.82) is 0 Å². The summed E-state index contributed by atoms with van der Waals surface area (Å²) in [6.45, 7) is 2.02. The molecule has 3 N–H and O–H groups in total. The third-order valence-electron chi connectivity index (χ3n) is 6.24. The Labute approximate surface area is 168 Å². The minimum atomic E-state index is -0.177. The van der Waals surface area contributed by atoms with E-state index in [1.54, 1.807) is 12.3 Å². The number of pyridine rings is 1. The summed E-state index contributed by atoms with van der Waals surface area (Å²) in [5, 5.41) is 13.0. The highest BCUT2D eigenvalue weighted by Gasteiger charge is 2.44. The molecule has 0 aromatic carbocycles. The third kappa shape index (κ3) is 3.46. The van der Waals surface area contributed by atoms with Gasteiger partial charge in [0.1, 0.15) is 17.6 Å². The van der Waals surface area contributed by atoms with Crippen LogP contribution in [0.1, 0.15) is 29.8 Å². The summed E-state index contributed by atoms with van der Waals surface area (Å²) in [6.07, 6.45) is 4.20. The van der Waals surface area contributed by atoms with Crippen LogP contribution in [0.3, 0.4) is 0 Å². The Balaban J connectivity index is 1.22. The number of hydrogen-bond acceptors (Lipinski definition) is 5. The number of nitrogens with one attached hydrogen (secondary N) is 3. The molecule has 3 saturated heterocycles. The Bertz CT molecular complexity index is 893. The first kappa shape index (κ1) is 18.1. The average molecular weight is 396 g/mol. The van der Waals surface area contributed by atoms with Crippen LogP contribution in [0.4, 0.5) is 4.79 Å². The average Bonchev–Trinajstić information content (AvgIpc) is 3.43. The molecule has 0 unspecified atom stereocenters. The van der Waals surface area contributed by atoms with E-state index in [1.165, 1.54) is 0 Å². The summed E-state index contributed by atoms with van der Waals surface area (Å²) in [5.41, 5.74) is 1.87. The molecule has 29 heavy (non-hydrogen) atoms. The van der Waals surface area contributed by atoms with E-state index < -0.39 is 0 Å². The summed E-state index contributed by atoms with van der Waals surface area (Å²) in [7, 11) is 0. The SMILES string of the molecule is O=C1N[C@H]2OCC[C@H]2[C@H](C2CCN(C(=O)c3cc(-c4ccccn4)n[nH]3)CC2)N1. The van der Waals surface area contributed by atoms with Crippen LogP contribution in [0.15, 0.2) is 30.5 Å². The topological polar surface area (TPSA) is 112 Å². The zero-order valence-corrected chi connectivity index (χ0v) is 16.0. The molecule has 3 amide bonds. The number of carbonyl (C=O) groups excluding carboxylic acids is 2. The van der Waals surface area contributed by atoms with Gasteiger partial charge in [0, 0.05) is 37.9 Å². The molecule has 5 heterocycles. The van der Waals surface area contributed by atoms with Gasteiger partial charge in [-0.05, 0) is 43.4 Å². The van der Waals surface area contributed by atoms with Crippen molar-refractivity contribution in [1.82, 2.24) is 30.7 Å². The third-order valence-corrected chi connectivity index (χ3v) is 6.24. The standard InChI is InChI=1S/C20H24N6O3/c27-19(16-11-15(24-25-16)14-3-1-2-7-21-14)26-8-4-12(5-9-26)17-13-6-10-29-18(13)23-20(28)22-17/h1-3,7,11-13,17-18H,4-6,8-10H2,(H,24,25)(H2,22,23,28)/t13-,17-,18-/m0/s1. The zero-order chi connectivity index (χ0) is 19.8. The first-order valence-electron chi connectivity index (χ1n) is 10.1. The molecule has 2 aromatic heterocycles. The predicted octanol–water partition coefficient (Wildman–Crippen LogP) is 1.37. The van der Waals surface area contributed by atoms with Crippen molar-refractivity contribution in [2.45, 2.75) is 31.5 Å². The highest BCUT2D eigenvalue weighted by atomic mass is 16.5. The van der Waals surface area contributed by atoms with Crippen molar-refractivity contribution in [2.75, 3.05) is 19.7 Å². The van der Waals surface area contributed by atoms with Gasteiger partial charge in [-0.1, -0.05) is 6.07 Å². The van der Waals surface area contributed by atoms with Crippen LogP contribution >= 0.6 is 0 Å². The summed E-state index contributed by atoms with van der Waals surface area (Å²) in [4.78, 5) is 31.0. The zero-order valence-electron chi connectivity index (χ0n) is 16.0. The van der Waals surface area contributed by atoms with E-state index >= 15 is 0 Å². The smallest absolute Gasteiger partial charge is 0.317 e. The number of likely N-dealkylation sites (tertiary alicyclic amines) is 1. The Hall–Kier alpha value is -2.94. The molecule has 3 aliphatic rings. The van der Waals surface area contributed by atoms with Crippen molar-refractivity contribution in [3.63, 3.8) is 0 Å². The number of amides is 3. The number of hydrogen-bond donors (Lipinski definition) is 3. The van der Waals surface area contributed by atoms with Crippen molar-refractivity contribution < 1.29 is 14.3 Å². The molecule has 3 aliphatic heterocycles. The first-order valence-corrected chi connectivity index (χ1v) is 10.1. The van der Waals surface area contributed by atoms with Gasteiger partial charge in [0.05, 0.1) is 5.69 Å². The Morgan fingerprint density at radius 3 is 2.79 bits per heavy atom. The van der Waals surface area contributed by atoms with E-state index in [9.17, 15) is 9.59 Å². The fourth-order valence-corrected chi connectivity index (χ4v) is 4.73. The molecule has 5 rings (SSSR count). The molecule has 0 bridgehead atoms. The number of H-pyrrole nitrogens is 1. The van der Waals surface area contributed by atoms with Crippen molar-refractivity contribution >= 4 is 11.9 Å². The van der Waals surface area contributed by atoms with Gasteiger partial charge in [0.25, 0.3) is 5.91 Å². The lowest BCUT2D eigenvalue weighted by Crippen LogP contribution is -2.62. The van der Waals surface area contributed by atoms with Crippen molar-refractivity contribution in [3.8, 4) is 11.4 Å². The van der Waals surface area contributed by atoms with Gasteiger partial charge >= 0.3 is 6.03 Å². The first-order chi connectivity index (χ1) is 14.2. The van der Waals surface area contributed by atoms with E-state index in [2.05, 4.69) is 25.8 Å². The minimum Gasteiger partial charge on any atom is -0.358 e. The molecule has 2 aromatic rings. The Morgan fingerprint density at radius 1 is 1.14 bits per heavy atom. The van der Waals surface area contributed by atoms with Crippen LogP contribution in [0, 0.1) is 11.8 Å². The number of aromatic amines is 1. The number of ether oxygens (including phenoxy) is 1. The van der Waals surface area contributed by atoms with Crippen LogP contribution in [-0.2, 0) is 4.74 Å². The summed E-state index contributed by atoms with van der Waals surface area (Å²) < 4.78 is 5.65. The molecule has 0 aliphatic carbocycles. The second kappa shape index (κ2) is 7.47. The number of aromatic nitrogens is 3. The van der Waals surface area contributed by atoms with E-state index in [0.717, 1.165) is 25.0 Å². The minimum absolute atomic E-state index is 0.0467. The lowest BCUT2D eigenvalue weighted by atomic mass is 9.80. The number of fused-ring (bicyclic) bond motifs is 1. The van der Waals surface area contributed by atoms with Gasteiger partial charge in [0.15, 0.2) is 0 Å². The second-order valence-corrected chi connectivity index (χ2v) is 7.90. The maximum Gasteiger partial charge on any atom is 0.317 e. The van der Waals surface area contributed by atoms with Gasteiger partial charge < -0.3 is 20.3 Å². The molecule has 0 spiro atoms. The number of nitrogens with zero attached hydrogens (tertiary/aromatic N) is 3. The van der Waals surface area contributed by atoms with Crippen LogP contribution in [0.25, 0.3) is 11.4 Å². The number of carbonyl (C=O) groups is 2. The lowest BCUT2D eigenvalue weighted by Gasteiger charge is -2.42. The second-order valence-electron chi connectivity index (χ2n) is 7.90. The normalized spacial score (nSPS) is 27.2. The van der Waals surface area contributed by atoms with Gasteiger partial charge in [0.2, 0.25) is 0 Å². The quantitative estimate of drug-likeness (QED) is 0.725. The Kier molecular flexibility index (Phi) is 4.67. The van der Waals surface area contributed by atoms with Crippen molar-refractivity contribution in [3.05, 3.63) is 36.2 Å². The van der Waals surface area contributed by atoms with Crippen molar-refractivity contribution in [2.24, 2.45) is 11.8 Å². The highest BCUT2D eigenvalue weighted by Crippen LogP contribution is 2.33. The molecular weight excluding hydrogens is 372 g/mol. The lowest BCUT2D eigenvalue weighted by molar-refractivity contribution is 0.0299. The predicted molar refractivity (Wildman–Crippen MR) is 104 cm³/mol. The summed E-state index contributed by atoms with van der Waals surface area (Å²) in [6, 6.07) is 7.31. The number of urea groups is 1. The number of rotatable bonds is 3. The van der Waals surface area contributed by atoms with E-state index in [-0.39, 0.29) is 24.2 Å².